The molecule has 0 radical (unpaired) electrons. The van der Waals surface area contributed by atoms with Gasteiger partial charge in [-0.1, -0.05) is 92.6 Å². The van der Waals surface area contributed by atoms with Gasteiger partial charge in [-0.2, -0.15) is 0 Å². The lowest BCUT2D eigenvalue weighted by atomic mass is 10.0. The average molecular weight is 572 g/mol. The molecule has 220 valence electrons. The van der Waals surface area contributed by atoms with Crippen molar-refractivity contribution in [3.63, 3.8) is 0 Å². The molecule has 0 bridgehead atoms. The molecule has 2 aromatic rings. The molecule has 0 fully saturated rings. The van der Waals surface area contributed by atoms with Crippen LogP contribution in [0, 0.1) is 13.8 Å². The molecule has 2 rings (SSSR count). The van der Waals surface area contributed by atoms with Crippen LogP contribution in [-0.2, 0) is 14.3 Å². The number of amides is 3. The van der Waals surface area contributed by atoms with Crippen molar-refractivity contribution >= 4 is 35.2 Å². The first kappa shape index (κ1) is 33.1. The third-order valence-corrected chi connectivity index (χ3v) is 6.88. The fourth-order valence-electron chi connectivity index (χ4n) is 4.43. The van der Waals surface area contributed by atoms with Gasteiger partial charge in [-0.05, 0) is 65.2 Å². The largest absolute Gasteiger partial charge is 0.444 e. The number of nitrogens with zero attached hydrogens (tertiary/aromatic N) is 1. The molecule has 7 nitrogen and oxygen atoms in total. The van der Waals surface area contributed by atoms with E-state index in [1.54, 1.807) is 38.7 Å². The zero-order valence-electron chi connectivity index (χ0n) is 25.1. The van der Waals surface area contributed by atoms with Gasteiger partial charge >= 0.3 is 6.09 Å². The Morgan fingerprint density at radius 3 is 2.17 bits per heavy atom. The first-order valence-electron chi connectivity index (χ1n) is 14.3. The summed E-state index contributed by atoms with van der Waals surface area (Å²) < 4.78 is 5.37. The second-order valence-electron chi connectivity index (χ2n) is 11.4. The molecule has 40 heavy (non-hydrogen) atoms. The summed E-state index contributed by atoms with van der Waals surface area (Å²) in [6.07, 6.45) is 5.49. The second kappa shape index (κ2) is 15.7. The lowest BCUT2D eigenvalue weighted by Gasteiger charge is -2.34. The smallest absolute Gasteiger partial charge is 0.408 e. The number of unbranched alkanes of at least 4 members (excludes halogenated alkanes) is 5. The van der Waals surface area contributed by atoms with Crippen molar-refractivity contribution in [1.29, 1.82) is 0 Å². The minimum absolute atomic E-state index is 0.360. The van der Waals surface area contributed by atoms with E-state index in [0.717, 1.165) is 43.2 Å². The SMILES string of the molecule is CCCCCCCCN(C(=O)C(C)NC(=O)OC(C)(C)C)C(C(=O)Nc1c(C)cccc1Cl)c1ccc(C)cc1. The Bertz CT molecular complexity index is 1110. The molecule has 0 heterocycles. The summed E-state index contributed by atoms with van der Waals surface area (Å²) in [5.41, 5.74) is 2.34. The molecule has 2 atom stereocenters. The van der Waals surface area contributed by atoms with Crippen LogP contribution in [0.4, 0.5) is 10.5 Å². The molecule has 2 unspecified atom stereocenters. The van der Waals surface area contributed by atoms with E-state index in [4.69, 9.17) is 16.3 Å². The molecular weight excluding hydrogens is 526 g/mol. The fourth-order valence-corrected chi connectivity index (χ4v) is 4.70. The normalized spacial score (nSPS) is 12.8. The molecule has 0 aliphatic carbocycles. The molecule has 2 N–H and O–H groups in total. The molecule has 3 amide bonds. The van der Waals surface area contributed by atoms with Crippen molar-refractivity contribution in [1.82, 2.24) is 10.2 Å². The lowest BCUT2D eigenvalue weighted by Crippen LogP contribution is -2.51. The molecule has 0 aliphatic heterocycles. The van der Waals surface area contributed by atoms with E-state index in [1.807, 2.05) is 50.2 Å². The van der Waals surface area contributed by atoms with Crippen LogP contribution in [-0.4, -0.2) is 41.0 Å². The van der Waals surface area contributed by atoms with E-state index in [9.17, 15) is 14.4 Å². The molecule has 8 heteroatoms. The maximum Gasteiger partial charge on any atom is 0.408 e. The third kappa shape index (κ3) is 10.5. The Hall–Kier alpha value is -3.06. The van der Waals surface area contributed by atoms with Crippen LogP contribution in [0.25, 0.3) is 0 Å². The Kier molecular flexibility index (Phi) is 13.0. The zero-order chi connectivity index (χ0) is 29.9. The first-order chi connectivity index (χ1) is 18.8. The Labute approximate surface area is 245 Å². The summed E-state index contributed by atoms with van der Waals surface area (Å²) in [4.78, 5) is 42.0. The highest BCUT2D eigenvalue weighted by Crippen LogP contribution is 2.30. The van der Waals surface area contributed by atoms with Gasteiger partial charge < -0.3 is 20.3 Å². The zero-order valence-corrected chi connectivity index (χ0v) is 25.9. The number of hydrogen-bond acceptors (Lipinski definition) is 4. The minimum atomic E-state index is -0.928. The van der Waals surface area contributed by atoms with Crippen LogP contribution in [0.2, 0.25) is 5.02 Å². The monoisotopic (exact) mass is 571 g/mol. The maximum absolute atomic E-state index is 14.0. The van der Waals surface area contributed by atoms with Crippen molar-refractivity contribution in [2.45, 2.75) is 105 Å². The number of hydrogen-bond donors (Lipinski definition) is 2. The molecule has 0 aliphatic rings. The van der Waals surface area contributed by atoms with Crippen LogP contribution < -0.4 is 10.6 Å². The van der Waals surface area contributed by atoms with Crippen molar-refractivity contribution in [3.8, 4) is 0 Å². The van der Waals surface area contributed by atoms with Crippen LogP contribution in [0.5, 0.6) is 0 Å². The predicted molar refractivity (Wildman–Crippen MR) is 163 cm³/mol. The third-order valence-electron chi connectivity index (χ3n) is 6.56. The summed E-state index contributed by atoms with van der Waals surface area (Å²) >= 11 is 6.44. The fraction of sp³-hybridized carbons (Fsp3) is 0.531. The van der Waals surface area contributed by atoms with Crippen molar-refractivity contribution < 1.29 is 19.1 Å². The minimum Gasteiger partial charge on any atom is -0.444 e. The second-order valence-corrected chi connectivity index (χ2v) is 11.8. The maximum atomic E-state index is 14.0. The number of aryl methyl sites for hydroxylation is 2. The van der Waals surface area contributed by atoms with Gasteiger partial charge in [0, 0.05) is 6.54 Å². The molecule has 0 saturated carbocycles. The number of carbonyl (C=O) groups is 3. The van der Waals surface area contributed by atoms with Gasteiger partial charge in [-0.15, -0.1) is 0 Å². The van der Waals surface area contributed by atoms with Crippen LogP contribution in [0.15, 0.2) is 42.5 Å². The summed E-state index contributed by atoms with van der Waals surface area (Å²) in [6.45, 7) is 13.3. The number of carbonyl (C=O) groups excluding carboxylic acids is 3. The molecule has 0 aromatic heterocycles. The first-order valence-corrected chi connectivity index (χ1v) is 14.6. The summed E-state index contributed by atoms with van der Waals surface area (Å²) in [5, 5.41) is 6.05. The summed E-state index contributed by atoms with van der Waals surface area (Å²) in [5.74, 6) is -0.736. The lowest BCUT2D eigenvalue weighted by molar-refractivity contribution is -0.140. The van der Waals surface area contributed by atoms with Gasteiger partial charge in [0.1, 0.15) is 17.7 Å². The van der Waals surface area contributed by atoms with Crippen LogP contribution in [0.1, 0.15) is 95.9 Å². The van der Waals surface area contributed by atoms with E-state index >= 15 is 0 Å². The molecule has 2 aromatic carbocycles. The van der Waals surface area contributed by atoms with E-state index in [0.29, 0.717) is 22.8 Å². The summed E-state index contributed by atoms with van der Waals surface area (Å²) in [7, 11) is 0. The van der Waals surface area contributed by atoms with E-state index in [-0.39, 0.29) is 11.8 Å². The van der Waals surface area contributed by atoms with Gasteiger partial charge in [0.05, 0.1) is 10.7 Å². The van der Waals surface area contributed by atoms with Crippen LogP contribution >= 0.6 is 11.6 Å². The number of halogens is 1. The number of rotatable bonds is 13. The number of alkyl carbamates (subject to hydrolysis) is 1. The highest BCUT2D eigenvalue weighted by molar-refractivity contribution is 6.34. The van der Waals surface area contributed by atoms with Crippen molar-refractivity contribution in [3.05, 3.63) is 64.2 Å². The predicted octanol–water partition coefficient (Wildman–Crippen LogP) is 7.74. The van der Waals surface area contributed by atoms with E-state index < -0.39 is 23.8 Å². The number of anilines is 1. The Balaban J connectivity index is 2.43. The highest BCUT2D eigenvalue weighted by Gasteiger charge is 2.35. The van der Waals surface area contributed by atoms with Gasteiger partial charge in [0.2, 0.25) is 5.91 Å². The van der Waals surface area contributed by atoms with Gasteiger partial charge in [0.15, 0.2) is 0 Å². The van der Waals surface area contributed by atoms with Crippen molar-refractivity contribution in [2.24, 2.45) is 0 Å². The quantitative estimate of drug-likeness (QED) is 0.241. The topological polar surface area (TPSA) is 87.7 Å². The summed E-state index contributed by atoms with van der Waals surface area (Å²) in [6, 6.07) is 11.2. The molecule has 0 spiro atoms. The van der Waals surface area contributed by atoms with Gasteiger partial charge in [0.25, 0.3) is 5.91 Å². The molecule has 0 saturated heterocycles. The van der Waals surface area contributed by atoms with Crippen LogP contribution in [0.3, 0.4) is 0 Å². The van der Waals surface area contributed by atoms with Crippen molar-refractivity contribution in [2.75, 3.05) is 11.9 Å². The number of ether oxygens (including phenoxy) is 1. The Morgan fingerprint density at radius 2 is 1.57 bits per heavy atom. The van der Waals surface area contributed by atoms with Gasteiger partial charge in [-0.25, -0.2) is 4.79 Å². The molecular formula is C32H46ClN3O4. The highest BCUT2D eigenvalue weighted by atomic mass is 35.5. The standard InChI is InChI=1S/C32H46ClN3O4/c1-8-9-10-11-12-13-21-36(30(38)24(4)34-31(39)40-32(5,6)7)28(25-19-17-22(2)18-20-25)29(37)35-27-23(3)15-14-16-26(27)33/h14-20,24,28H,8-13,21H2,1-7H3,(H,34,39)(H,35,37). The number of para-hydroxylation sites is 1. The van der Waals surface area contributed by atoms with Gasteiger partial charge in [-0.3, -0.25) is 9.59 Å². The Morgan fingerprint density at radius 1 is 0.950 bits per heavy atom. The number of nitrogens with one attached hydrogen (secondary N) is 2. The number of benzene rings is 2. The van der Waals surface area contributed by atoms with E-state index in [1.165, 1.54) is 6.42 Å². The average Bonchev–Trinajstić information content (AvgIpc) is 2.87. The van der Waals surface area contributed by atoms with E-state index in [2.05, 4.69) is 17.6 Å².